The minimum atomic E-state index is -0.829. The number of nitrogen functional groups attached to an aromatic ring is 1. The van der Waals surface area contributed by atoms with Crippen LogP contribution in [-0.4, -0.2) is 23.8 Å². The summed E-state index contributed by atoms with van der Waals surface area (Å²) in [6.45, 7) is 11.0. The number of ether oxygens (including phenoxy) is 1. The van der Waals surface area contributed by atoms with Gasteiger partial charge in [-0.2, -0.15) is 5.11 Å². The van der Waals surface area contributed by atoms with Crippen LogP contribution in [0.1, 0.15) is 86.0 Å². The summed E-state index contributed by atoms with van der Waals surface area (Å²) in [6.07, 6.45) is 10.9. The van der Waals surface area contributed by atoms with Crippen LogP contribution in [0.25, 0.3) is 0 Å². The van der Waals surface area contributed by atoms with Gasteiger partial charge in [-0.05, 0) is 42.0 Å². The minimum Gasteiger partial charge on any atom is -0.466 e. The van der Waals surface area contributed by atoms with Gasteiger partial charge in [0.15, 0.2) is 0 Å². The molecule has 0 spiro atoms. The van der Waals surface area contributed by atoms with E-state index in [1.165, 1.54) is 25.7 Å². The zero-order chi connectivity index (χ0) is 25.2. The molecule has 1 aliphatic carbocycles. The Morgan fingerprint density at radius 1 is 1.12 bits per heavy atom. The maximum atomic E-state index is 12.3. The van der Waals surface area contributed by atoms with Gasteiger partial charge in [0.1, 0.15) is 11.8 Å². The lowest BCUT2D eigenvalue weighted by Gasteiger charge is -2.45. The highest BCUT2D eigenvalue weighted by molar-refractivity contribution is 5.70. The number of hydrogen-bond acceptors (Lipinski definition) is 6. The normalized spacial score (nSPS) is 20.8. The smallest absolute Gasteiger partial charge is 0.306 e. The molecule has 0 saturated carbocycles. The number of aliphatic hydroxyl groups excluding tert-OH is 1. The van der Waals surface area contributed by atoms with Gasteiger partial charge in [0.25, 0.3) is 0 Å². The maximum Gasteiger partial charge on any atom is 0.306 e. The molecule has 0 aromatic heterocycles. The molecule has 0 heterocycles. The molecule has 188 valence electrons. The molecule has 1 aliphatic rings. The molecule has 0 amide bonds. The van der Waals surface area contributed by atoms with Crippen LogP contribution in [0.4, 0.5) is 11.4 Å². The Morgan fingerprint density at radius 2 is 1.79 bits per heavy atom. The van der Waals surface area contributed by atoms with E-state index >= 15 is 0 Å². The fourth-order valence-electron chi connectivity index (χ4n) is 4.01. The van der Waals surface area contributed by atoms with Gasteiger partial charge < -0.3 is 15.6 Å². The maximum absolute atomic E-state index is 12.3. The lowest BCUT2D eigenvalue weighted by atomic mass is 9.61. The molecule has 0 radical (unpaired) electrons. The Labute approximate surface area is 205 Å². The van der Waals surface area contributed by atoms with Crippen molar-refractivity contribution in [3.8, 4) is 0 Å². The number of benzene rings is 1. The standard InChI is InChI=1S/C28H43N3O3/c1-6-7-8-9-10-13-18-34-25(32)17-16-21-19-24(26(33)28(5,20-21)27(2,3)4)31-30-23-15-12-11-14-22(23)29/h11-12,14-15,19-20,26,33H,6-10,13,16-18,29H2,1-5H3. The number of para-hydroxylation sites is 1. The van der Waals surface area contributed by atoms with Crippen molar-refractivity contribution in [2.45, 2.75) is 92.1 Å². The number of aliphatic hydroxyl groups is 1. The third-order valence-electron chi connectivity index (χ3n) is 6.87. The predicted octanol–water partition coefficient (Wildman–Crippen LogP) is 7.27. The summed E-state index contributed by atoms with van der Waals surface area (Å²) in [5, 5.41) is 19.9. The van der Waals surface area contributed by atoms with E-state index in [1.807, 2.05) is 25.1 Å². The van der Waals surface area contributed by atoms with Crippen molar-refractivity contribution in [3.63, 3.8) is 0 Å². The predicted molar refractivity (Wildman–Crippen MR) is 139 cm³/mol. The Kier molecular flexibility index (Phi) is 10.5. The van der Waals surface area contributed by atoms with E-state index < -0.39 is 11.5 Å². The van der Waals surface area contributed by atoms with E-state index in [1.54, 1.807) is 12.1 Å². The first-order valence-corrected chi connectivity index (χ1v) is 12.6. The van der Waals surface area contributed by atoms with Gasteiger partial charge >= 0.3 is 5.97 Å². The third-order valence-corrected chi connectivity index (χ3v) is 6.87. The second kappa shape index (κ2) is 12.8. The molecule has 0 fully saturated rings. The van der Waals surface area contributed by atoms with Crippen LogP contribution in [0.15, 0.2) is 57.9 Å². The fourth-order valence-corrected chi connectivity index (χ4v) is 4.01. The fraction of sp³-hybridized carbons (Fsp3) is 0.607. The zero-order valence-corrected chi connectivity index (χ0v) is 21.6. The number of carbonyl (C=O) groups is 1. The molecule has 1 aromatic rings. The quantitative estimate of drug-likeness (QED) is 0.145. The van der Waals surface area contributed by atoms with Crippen molar-refractivity contribution in [1.82, 2.24) is 0 Å². The number of anilines is 1. The van der Waals surface area contributed by atoms with Gasteiger partial charge in [-0.1, -0.05) is 84.9 Å². The second-order valence-electron chi connectivity index (χ2n) is 10.5. The average Bonchev–Trinajstić information content (AvgIpc) is 2.78. The molecule has 0 aliphatic heterocycles. The highest BCUT2D eigenvalue weighted by Gasteiger charge is 2.45. The number of nitrogens with zero attached hydrogens (tertiary/aromatic N) is 2. The number of unbranched alkanes of at least 4 members (excludes halogenated alkanes) is 5. The van der Waals surface area contributed by atoms with Crippen molar-refractivity contribution in [3.05, 3.63) is 47.7 Å². The molecule has 2 rings (SSSR count). The number of carbonyl (C=O) groups excluding carboxylic acids is 1. The van der Waals surface area contributed by atoms with Crippen LogP contribution in [0, 0.1) is 10.8 Å². The number of azo groups is 1. The molecule has 0 bridgehead atoms. The van der Waals surface area contributed by atoms with Crippen LogP contribution in [-0.2, 0) is 9.53 Å². The first-order valence-electron chi connectivity index (χ1n) is 12.6. The summed E-state index contributed by atoms with van der Waals surface area (Å²) >= 11 is 0. The first-order chi connectivity index (χ1) is 16.1. The lowest BCUT2D eigenvalue weighted by molar-refractivity contribution is -0.143. The Morgan fingerprint density at radius 3 is 2.47 bits per heavy atom. The van der Waals surface area contributed by atoms with Gasteiger partial charge in [-0.25, -0.2) is 0 Å². The molecule has 6 nitrogen and oxygen atoms in total. The molecule has 3 N–H and O–H groups in total. The summed E-state index contributed by atoms with van der Waals surface area (Å²) in [6, 6.07) is 7.24. The van der Waals surface area contributed by atoms with E-state index in [0.717, 1.165) is 18.4 Å². The van der Waals surface area contributed by atoms with Gasteiger partial charge in [-0.15, -0.1) is 5.11 Å². The van der Waals surface area contributed by atoms with E-state index in [9.17, 15) is 9.90 Å². The number of allylic oxidation sites excluding steroid dienone is 2. The number of nitrogens with two attached hydrogens (primary N) is 1. The van der Waals surface area contributed by atoms with E-state index in [-0.39, 0.29) is 11.4 Å². The van der Waals surface area contributed by atoms with Crippen LogP contribution in [0.5, 0.6) is 0 Å². The molecule has 1 aromatic carbocycles. The van der Waals surface area contributed by atoms with Crippen LogP contribution in [0.3, 0.4) is 0 Å². The van der Waals surface area contributed by atoms with Crippen molar-refractivity contribution >= 4 is 17.3 Å². The van der Waals surface area contributed by atoms with E-state index in [0.29, 0.717) is 36.5 Å². The number of rotatable bonds is 12. The number of esters is 1. The van der Waals surface area contributed by atoms with Crippen LogP contribution < -0.4 is 5.73 Å². The molecule has 2 unspecified atom stereocenters. The first kappa shape index (κ1) is 27.8. The Bertz CT molecular complexity index is 898. The molecular formula is C28H43N3O3. The van der Waals surface area contributed by atoms with Crippen LogP contribution >= 0.6 is 0 Å². The summed E-state index contributed by atoms with van der Waals surface area (Å²) in [4.78, 5) is 12.3. The van der Waals surface area contributed by atoms with Crippen molar-refractivity contribution in [2.24, 2.45) is 21.1 Å². The van der Waals surface area contributed by atoms with Gasteiger partial charge in [-0.3, -0.25) is 4.79 Å². The molecule has 6 heteroatoms. The highest BCUT2D eigenvalue weighted by Crippen LogP contribution is 2.48. The van der Waals surface area contributed by atoms with Crippen molar-refractivity contribution in [2.75, 3.05) is 12.3 Å². The molecule has 0 saturated heterocycles. The van der Waals surface area contributed by atoms with Gasteiger partial charge in [0.2, 0.25) is 0 Å². The molecular weight excluding hydrogens is 426 g/mol. The second-order valence-corrected chi connectivity index (χ2v) is 10.5. The summed E-state index contributed by atoms with van der Waals surface area (Å²) in [5.41, 5.74) is 7.68. The third kappa shape index (κ3) is 7.79. The zero-order valence-electron chi connectivity index (χ0n) is 21.6. The topological polar surface area (TPSA) is 97.3 Å². The molecule has 2 atom stereocenters. The summed E-state index contributed by atoms with van der Waals surface area (Å²) in [7, 11) is 0. The van der Waals surface area contributed by atoms with Crippen molar-refractivity contribution < 1.29 is 14.6 Å². The SMILES string of the molecule is CCCCCCCCOC(=O)CCC1=CC(C)(C(C)(C)C)C(O)C(N=Nc2ccccc2N)=C1. The average molecular weight is 470 g/mol. The Hall–Kier alpha value is -2.47. The Balaban J connectivity index is 2.04. The van der Waals surface area contributed by atoms with E-state index in [2.05, 4.69) is 44.0 Å². The van der Waals surface area contributed by atoms with E-state index in [4.69, 9.17) is 10.5 Å². The summed E-state index contributed by atoms with van der Waals surface area (Å²) < 4.78 is 5.43. The van der Waals surface area contributed by atoms with Gasteiger partial charge in [0.05, 0.1) is 18.0 Å². The lowest BCUT2D eigenvalue weighted by Crippen LogP contribution is -2.44. The largest absolute Gasteiger partial charge is 0.466 e. The minimum absolute atomic E-state index is 0.188. The molecule has 34 heavy (non-hydrogen) atoms. The van der Waals surface area contributed by atoms with Gasteiger partial charge in [0, 0.05) is 11.8 Å². The summed E-state index contributed by atoms with van der Waals surface area (Å²) in [5.74, 6) is -0.188. The monoisotopic (exact) mass is 469 g/mol. The van der Waals surface area contributed by atoms with Crippen LogP contribution in [0.2, 0.25) is 0 Å². The highest BCUT2D eigenvalue weighted by atomic mass is 16.5. The number of hydrogen-bond donors (Lipinski definition) is 2. The van der Waals surface area contributed by atoms with Crippen molar-refractivity contribution in [1.29, 1.82) is 0 Å².